The highest BCUT2D eigenvalue weighted by atomic mass is 19.4. The number of benzene rings is 1. The molecule has 0 spiro atoms. The predicted molar refractivity (Wildman–Crippen MR) is 84.2 cm³/mol. The average Bonchev–Trinajstić information content (AvgIpc) is 3.05. The van der Waals surface area contributed by atoms with Crippen LogP contribution in [0, 0.1) is 6.92 Å². The predicted octanol–water partition coefficient (Wildman–Crippen LogP) is 3.38. The molecule has 0 saturated heterocycles. The maximum absolute atomic E-state index is 12.5. The van der Waals surface area contributed by atoms with Gasteiger partial charge in [0.25, 0.3) is 11.5 Å². The lowest BCUT2D eigenvalue weighted by atomic mass is 10.1. The number of halogens is 3. The summed E-state index contributed by atoms with van der Waals surface area (Å²) in [6, 6.07) is 7.64. The van der Waals surface area contributed by atoms with Crippen LogP contribution >= 0.6 is 0 Å². The van der Waals surface area contributed by atoms with Crippen molar-refractivity contribution in [1.29, 1.82) is 0 Å². The molecule has 1 aromatic carbocycles. The van der Waals surface area contributed by atoms with E-state index >= 15 is 0 Å². The van der Waals surface area contributed by atoms with Crippen LogP contribution in [0.1, 0.15) is 27.4 Å². The number of rotatable bonds is 3. The summed E-state index contributed by atoms with van der Waals surface area (Å²) >= 11 is 0. The molecule has 0 saturated carbocycles. The number of carbonyl (C=O) groups is 1. The molecule has 0 fully saturated rings. The largest absolute Gasteiger partial charge is 0.467 e. The molecule has 0 unspecified atom stereocenters. The zero-order chi connectivity index (χ0) is 18.2. The van der Waals surface area contributed by atoms with Crippen LogP contribution < -0.4 is 10.9 Å². The molecule has 8 heteroatoms. The number of fused-ring (bicyclic) bond motifs is 1. The minimum Gasteiger partial charge on any atom is -0.467 e. The van der Waals surface area contributed by atoms with Crippen molar-refractivity contribution in [2.45, 2.75) is 19.6 Å². The highest BCUT2D eigenvalue weighted by Crippen LogP contribution is 2.30. The number of alkyl halides is 3. The Balaban J connectivity index is 1.82. The molecule has 130 valence electrons. The molecule has 5 nitrogen and oxygen atoms in total. The minimum atomic E-state index is -4.51. The van der Waals surface area contributed by atoms with Gasteiger partial charge in [-0.05, 0) is 30.0 Å². The number of nitrogens with one attached hydrogen (secondary N) is 2. The lowest BCUT2D eigenvalue weighted by Crippen LogP contribution is -2.27. The molecule has 3 aromatic rings. The van der Waals surface area contributed by atoms with E-state index in [1.807, 2.05) is 0 Å². The molecule has 1 amide bonds. The van der Waals surface area contributed by atoms with Crippen LogP contribution in [0.3, 0.4) is 0 Å². The molecule has 0 aliphatic carbocycles. The third-order valence-corrected chi connectivity index (χ3v) is 3.82. The van der Waals surface area contributed by atoms with Crippen molar-refractivity contribution in [2.24, 2.45) is 0 Å². The number of pyridine rings is 1. The van der Waals surface area contributed by atoms with Gasteiger partial charge in [0.15, 0.2) is 0 Å². The smallest absolute Gasteiger partial charge is 0.419 e. The van der Waals surface area contributed by atoms with E-state index in [0.29, 0.717) is 22.6 Å². The zero-order valence-electron chi connectivity index (χ0n) is 13.0. The van der Waals surface area contributed by atoms with Gasteiger partial charge in [-0.1, -0.05) is 18.2 Å². The Kier molecular flexibility index (Phi) is 4.12. The van der Waals surface area contributed by atoms with E-state index in [2.05, 4.69) is 10.3 Å². The van der Waals surface area contributed by atoms with E-state index in [9.17, 15) is 22.8 Å². The van der Waals surface area contributed by atoms with Crippen molar-refractivity contribution in [2.75, 3.05) is 0 Å². The van der Waals surface area contributed by atoms with Gasteiger partial charge in [0.2, 0.25) is 0 Å². The van der Waals surface area contributed by atoms with Crippen molar-refractivity contribution < 1.29 is 22.4 Å². The zero-order valence-corrected chi connectivity index (χ0v) is 13.0. The van der Waals surface area contributed by atoms with Gasteiger partial charge < -0.3 is 14.7 Å². The van der Waals surface area contributed by atoms with E-state index in [-0.39, 0.29) is 18.0 Å². The first-order chi connectivity index (χ1) is 11.8. The summed E-state index contributed by atoms with van der Waals surface area (Å²) in [5.74, 6) is -0.647. The summed E-state index contributed by atoms with van der Waals surface area (Å²) in [4.78, 5) is 26.9. The van der Waals surface area contributed by atoms with Gasteiger partial charge in [0.05, 0.1) is 12.1 Å². The minimum absolute atomic E-state index is 0.0403. The molecule has 0 atom stereocenters. The molecule has 0 bridgehead atoms. The fourth-order valence-electron chi connectivity index (χ4n) is 2.52. The second kappa shape index (κ2) is 6.12. The SMILES string of the molecule is Cc1c(C(=O)NCc2cc(C(F)(F)F)co2)[nH]c(=O)c2ccccc12. The third kappa shape index (κ3) is 3.28. The van der Waals surface area contributed by atoms with Gasteiger partial charge in [-0.25, -0.2) is 0 Å². The lowest BCUT2D eigenvalue weighted by Gasteiger charge is -2.09. The Morgan fingerprint density at radius 3 is 2.56 bits per heavy atom. The van der Waals surface area contributed by atoms with Gasteiger partial charge in [0.1, 0.15) is 17.7 Å². The van der Waals surface area contributed by atoms with Crippen LogP contribution in [-0.2, 0) is 12.7 Å². The molecule has 2 N–H and O–H groups in total. The molecule has 0 radical (unpaired) electrons. The topological polar surface area (TPSA) is 75.1 Å². The maximum Gasteiger partial charge on any atom is 0.419 e. The summed E-state index contributed by atoms with van der Waals surface area (Å²) in [6.07, 6.45) is -3.92. The standard InChI is InChI=1S/C17H13F3N2O3/c1-9-12-4-2-3-5-13(12)15(23)22-14(9)16(24)21-7-11-6-10(8-25-11)17(18,19)20/h2-6,8H,7H2,1H3,(H,21,24)(H,22,23). The average molecular weight is 350 g/mol. The number of carbonyl (C=O) groups excluding carboxylic acids is 1. The maximum atomic E-state index is 12.5. The van der Waals surface area contributed by atoms with Gasteiger partial charge in [0, 0.05) is 5.39 Å². The number of aryl methyl sites for hydroxylation is 1. The quantitative estimate of drug-likeness (QED) is 0.760. The summed E-state index contributed by atoms with van der Waals surface area (Å²) in [5, 5.41) is 3.53. The lowest BCUT2D eigenvalue weighted by molar-refractivity contribution is -0.137. The van der Waals surface area contributed by atoms with Crippen molar-refractivity contribution in [1.82, 2.24) is 10.3 Å². The third-order valence-electron chi connectivity index (χ3n) is 3.82. The van der Waals surface area contributed by atoms with E-state index in [4.69, 9.17) is 4.42 Å². The molecule has 2 heterocycles. The summed E-state index contributed by atoms with van der Waals surface area (Å²) < 4.78 is 42.4. The summed E-state index contributed by atoms with van der Waals surface area (Å²) in [7, 11) is 0. The van der Waals surface area contributed by atoms with E-state index in [0.717, 1.165) is 6.07 Å². The second-order valence-electron chi connectivity index (χ2n) is 5.48. The van der Waals surface area contributed by atoms with Crippen LogP contribution in [0.5, 0.6) is 0 Å². The van der Waals surface area contributed by atoms with E-state index in [1.54, 1.807) is 31.2 Å². The van der Waals surface area contributed by atoms with Crippen LogP contribution in [-0.4, -0.2) is 10.9 Å². The number of hydrogen-bond acceptors (Lipinski definition) is 3. The van der Waals surface area contributed by atoms with Crippen molar-refractivity contribution in [3.8, 4) is 0 Å². The highest BCUT2D eigenvalue weighted by Gasteiger charge is 2.32. The highest BCUT2D eigenvalue weighted by molar-refractivity contribution is 5.99. The van der Waals surface area contributed by atoms with Crippen LogP contribution in [0.25, 0.3) is 10.8 Å². The Labute approximate surface area is 139 Å². The molecular weight excluding hydrogens is 337 g/mol. The fourth-order valence-corrected chi connectivity index (χ4v) is 2.52. The number of furan rings is 1. The Morgan fingerprint density at radius 1 is 1.24 bits per heavy atom. The van der Waals surface area contributed by atoms with Crippen molar-refractivity contribution in [3.63, 3.8) is 0 Å². The van der Waals surface area contributed by atoms with Crippen LogP contribution in [0.15, 0.2) is 45.8 Å². The van der Waals surface area contributed by atoms with Gasteiger partial charge in [-0.2, -0.15) is 13.2 Å². The Hall–Kier alpha value is -3.03. The number of aromatic amines is 1. The van der Waals surface area contributed by atoms with Gasteiger partial charge in [-0.3, -0.25) is 9.59 Å². The number of aromatic nitrogens is 1. The van der Waals surface area contributed by atoms with Crippen LogP contribution in [0.4, 0.5) is 13.2 Å². The van der Waals surface area contributed by atoms with Crippen LogP contribution in [0.2, 0.25) is 0 Å². The Bertz CT molecular complexity index is 1000. The monoisotopic (exact) mass is 350 g/mol. The molecule has 25 heavy (non-hydrogen) atoms. The number of H-pyrrole nitrogens is 1. The number of amides is 1. The summed E-state index contributed by atoms with van der Waals surface area (Å²) in [6.45, 7) is 1.45. The Morgan fingerprint density at radius 2 is 1.92 bits per heavy atom. The molecule has 0 aliphatic heterocycles. The van der Waals surface area contributed by atoms with Crippen molar-refractivity contribution in [3.05, 3.63) is 69.5 Å². The molecule has 3 rings (SSSR count). The number of hydrogen-bond donors (Lipinski definition) is 2. The molecule has 0 aliphatic rings. The molecular formula is C17H13F3N2O3. The van der Waals surface area contributed by atoms with Crippen molar-refractivity contribution >= 4 is 16.7 Å². The van der Waals surface area contributed by atoms with Gasteiger partial charge >= 0.3 is 6.18 Å². The normalized spacial score (nSPS) is 11.7. The first-order valence-electron chi connectivity index (χ1n) is 7.32. The van der Waals surface area contributed by atoms with E-state index < -0.39 is 23.2 Å². The second-order valence-corrected chi connectivity index (χ2v) is 5.48. The first-order valence-corrected chi connectivity index (χ1v) is 7.32. The van der Waals surface area contributed by atoms with E-state index in [1.165, 1.54) is 0 Å². The first kappa shape index (κ1) is 16.8. The molecule has 2 aromatic heterocycles. The fraction of sp³-hybridized carbons (Fsp3) is 0.176. The summed E-state index contributed by atoms with van der Waals surface area (Å²) in [5.41, 5.74) is -0.704. The van der Waals surface area contributed by atoms with Gasteiger partial charge in [-0.15, -0.1) is 0 Å².